The Balaban J connectivity index is 1.67. The summed E-state index contributed by atoms with van der Waals surface area (Å²) in [6.07, 6.45) is 4.97. The molecule has 0 aliphatic rings. The molecule has 3 rings (SSSR count). The molecule has 0 radical (unpaired) electrons. The van der Waals surface area contributed by atoms with Gasteiger partial charge in [-0.3, -0.25) is 0 Å². The minimum atomic E-state index is 0.766. The molecule has 0 saturated carbocycles. The van der Waals surface area contributed by atoms with Crippen molar-refractivity contribution in [1.82, 2.24) is 0 Å². The topological polar surface area (TPSA) is 0 Å². The summed E-state index contributed by atoms with van der Waals surface area (Å²) in [5.74, 6) is 6.42. The molecule has 0 nitrogen and oxygen atoms in total. The fourth-order valence-electron chi connectivity index (χ4n) is 2.24. The standard InChI is InChI=1S/C21H16/c1-3-9-18(10-4-1)11-5-2-6-12-19-15-16-20-13-7-8-14-21(20)17-19/h1,3-5,7-11,13-17H,2H2/b11-5+. The van der Waals surface area contributed by atoms with Crippen molar-refractivity contribution in [1.29, 1.82) is 0 Å². The Morgan fingerprint density at radius 2 is 1.52 bits per heavy atom. The lowest BCUT2D eigenvalue weighted by Gasteiger charge is -1.97. The van der Waals surface area contributed by atoms with Gasteiger partial charge in [-0.05, 0) is 28.5 Å². The van der Waals surface area contributed by atoms with Gasteiger partial charge >= 0.3 is 0 Å². The number of benzene rings is 3. The molecule has 3 aromatic carbocycles. The molecule has 0 heterocycles. The molecule has 0 bridgehead atoms. The van der Waals surface area contributed by atoms with Crippen LogP contribution in [-0.2, 0) is 0 Å². The van der Waals surface area contributed by atoms with Crippen molar-refractivity contribution in [2.75, 3.05) is 0 Å². The van der Waals surface area contributed by atoms with Crippen molar-refractivity contribution < 1.29 is 0 Å². The Morgan fingerprint density at radius 1 is 0.762 bits per heavy atom. The average Bonchev–Trinajstić information content (AvgIpc) is 2.55. The summed E-state index contributed by atoms with van der Waals surface area (Å²) in [4.78, 5) is 0. The smallest absolute Gasteiger partial charge is 0.0276 e. The number of fused-ring (bicyclic) bond motifs is 1. The molecule has 0 atom stereocenters. The zero-order chi connectivity index (χ0) is 14.3. The predicted octanol–water partition coefficient (Wildman–Crippen LogP) is 5.29. The lowest BCUT2D eigenvalue weighted by atomic mass is 10.1. The summed E-state index contributed by atoms with van der Waals surface area (Å²) in [5.41, 5.74) is 2.28. The van der Waals surface area contributed by atoms with Gasteiger partial charge < -0.3 is 0 Å². The van der Waals surface area contributed by atoms with Crippen molar-refractivity contribution in [3.05, 3.63) is 90.0 Å². The molecule has 0 aromatic heterocycles. The normalized spacial score (nSPS) is 10.5. The summed E-state index contributed by atoms with van der Waals surface area (Å²) in [7, 11) is 0. The second-order valence-corrected chi connectivity index (χ2v) is 4.88. The Morgan fingerprint density at radius 3 is 2.38 bits per heavy atom. The first kappa shape index (κ1) is 13.2. The molecular formula is C21H16. The van der Waals surface area contributed by atoms with E-state index in [2.05, 4.69) is 78.6 Å². The zero-order valence-electron chi connectivity index (χ0n) is 11.8. The van der Waals surface area contributed by atoms with E-state index in [-0.39, 0.29) is 0 Å². The monoisotopic (exact) mass is 268 g/mol. The maximum Gasteiger partial charge on any atom is 0.0276 e. The highest BCUT2D eigenvalue weighted by Gasteiger charge is 1.92. The van der Waals surface area contributed by atoms with Crippen molar-refractivity contribution in [3.63, 3.8) is 0 Å². The first-order valence-corrected chi connectivity index (χ1v) is 7.11. The van der Waals surface area contributed by atoms with Crippen LogP contribution in [0.1, 0.15) is 17.5 Å². The van der Waals surface area contributed by atoms with E-state index in [0.717, 1.165) is 12.0 Å². The van der Waals surface area contributed by atoms with Gasteiger partial charge in [0.15, 0.2) is 0 Å². The summed E-state index contributed by atoms with van der Waals surface area (Å²) in [6, 6.07) is 25.0. The second-order valence-electron chi connectivity index (χ2n) is 4.88. The Bertz CT molecular complexity index is 815. The molecule has 0 spiro atoms. The van der Waals surface area contributed by atoms with Crippen LogP contribution in [0.5, 0.6) is 0 Å². The second kappa shape index (κ2) is 6.59. The molecule has 21 heavy (non-hydrogen) atoms. The predicted molar refractivity (Wildman–Crippen MR) is 90.9 cm³/mol. The maximum atomic E-state index is 3.22. The van der Waals surface area contributed by atoms with Crippen LogP contribution in [0, 0.1) is 11.8 Å². The lowest BCUT2D eigenvalue weighted by molar-refractivity contribution is 1.48. The van der Waals surface area contributed by atoms with Gasteiger partial charge in [-0.1, -0.05) is 84.7 Å². The third-order valence-corrected chi connectivity index (χ3v) is 3.31. The van der Waals surface area contributed by atoms with Gasteiger partial charge in [-0.15, -0.1) is 0 Å². The highest BCUT2D eigenvalue weighted by molar-refractivity contribution is 5.83. The van der Waals surface area contributed by atoms with Crippen LogP contribution < -0.4 is 0 Å². The summed E-state index contributed by atoms with van der Waals surface area (Å²) in [5, 5.41) is 2.50. The van der Waals surface area contributed by atoms with Crippen LogP contribution in [0.2, 0.25) is 0 Å². The van der Waals surface area contributed by atoms with Crippen molar-refractivity contribution in [3.8, 4) is 11.8 Å². The van der Waals surface area contributed by atoms with E-state index in [1.54, 1.807) is 0 Å². The number of allylic oxidation sites excluding steroid dienone is 1. The third-order valence-electron chi connectivity index (χ3n) is 3.31. The van der Waals surface area contributed by atoms with Crippen LogP contribution in [-0.4, -0.2) is 0 Å². The van der Waals surface area contributed by atoms with Crippen molar-refractivity contribution in [2.45, 2.75) is 6.42 Å². The molecule has 0 amide bonds. The van der Waals surface area contributed by atoms with E-state index in [9.17, 15) is 0 Å². The molecule has 0 saturated heterocycles. The number of hydrogen-bond acceptors (Lipinski definition) is 0. The minimum absolute atomic E-state index is 0.766. The zero-order valence-corrected chi connectivity index (χ0v) is 11.8. The van der Waals surface area contributed by atoms with E-state index < -0.39 is 0 Å². The average molecular weight is 268 g/mol. The van der Waals surface area contributed by atoms with E-state index in [1.807, 2.05) is 18.2 Å². The van der Waals surface area contributed by atoms with Crippen LogP contribution >= 0.6 is 0 Å². The fourth-order valence-corrected chi connectivity index (χ4v) is 2.24. The van der Waals surface area contributed by atoms with Gasteiger partial charge in [0.1, 0.15) is 0 Å². The van der Waals surface area contributed by atoms with Gasteiger partial charge in [-0.25, -0.2) is 0 Å². The molecule has 3 aromatic rings. The van der Waals surface area contributed by atoms with Crippen LogP contribution in [0.3, 0.4) is 0 Å². The molecule has 0 unspecified atom stereocenters. The van der Waals surface area contributed by atoms with Crippen molar-refractivity contribution >= 4 is 16.8 Å². The summed E-state index contributed by atoms with van der Waals surface area (Å²) >= 11 is 0. The van der Waals surface area contributed by atoms with Gasteiger partial charge in [-0.2, -0.15) is 0 Å². The molecule has 0 aliphatic carbocycles. The summed E-state index contributed by atoms with van der Waals surface area (Å²) < 4.78 is 0. The maximum absolute atomic E-state index is 3.22. The minimum Gasteiger partial charge on any atom is -0.0937 e. The van der Waals surface area contributed by atoms with E-state index in [4.69, 9.17) is 0 Å². The van der Waals surface area contributed by atoms with Crippen molar-refractivity contribution in [2.24, 2.45) is 0 Å². The lowest BCUT2D eigenvalue weighted by Crippen LogP contribution is -1.76. The third kappa shape index (κ3) is 3.61. The van der Waals surface area contributed by atoms with Crippen LogP contribution in [0.25, 0.3) is 16.8 Å². The first-order valence-electron chi connectivity index (χ1n) is 7.11. The Hall–Kier alpha value is -2.78. The molecule has 0 fully saturated rings. The fraction of sp³-hybridized carbons (Fsp3) is 0.0476. The Labute approximate surface area is 125 Å². The SMILES string of the molecule is C(#Cc1ccc2ccccc2c1)C/C=C/c1ccccc1. The molecular weight excluding hydrogens is 252 g/mol. The largest absolute Gasteiger partial charge is 0.0937 e. The quantitative estimate of drug-likeness (QED) is 0.554. The first-order chi connectivity index (χ1) is 10.4. The Kier molecular flexibility index (Phi) is 4.15. The van der Waals surface area contributed by atoms with Crippen LogP contribution in [0.15, 0.2) is 78.9 Å². The van der Waals surface area contributed by atoms with Gasteiger partial charge in [0.25, 0.3) is 0 Å². The summed E-state index contributed by atoms with van der Waals surface area (Å²) in [6.45, 7) is 0. The van der Waals surface area contributed by atoms with Gasteiger partial charge in [0.05, 0.1) is 0 Å². The van der Waals surface area contributed by atoms with E-state index >= 15 is 0 Å². The molecule has 0 N–H and O–H groups in total. The van der Waals surface area contributed by atoms with Gasteiger partial charge in [0, 0.05) is 12.0 Å². The van der Waals surface area contributed by atoms with Gasteiger partial charge in [0.2, 0.25) is 0 Å². The molecule has 0 aliphatic heterocycles. The molecule has 100 valence electrons. The van der Waals surface area contributed by atoms with E-state index in [0.29, 0.717) is 0 Å². The van der Waals surface area contributed by atoms with E-state index in [1.165, 1.54) is 16.3 Å². The van der Waals surface area contributed by atoms with Crippen LogP contribution in [0.4, 0.5) is 0 Å². The highest BCUT2D eigenvalue weighted by atomic mass is 14.0. The molecule has 0 heteroatoms. The number of hydrogen-bond donors (Lipinski definition) is 0. The highest BCUT2D eigenvalue weighted by Crippen LogP contribution is 2.14. The number of rotatable bonds is 2.